The van der Waals surface area contributed by atoms with Gasteiger partial charge in [0, 0.05) is 10.9 Å². The lowest BCUT2D eigenvalue weighted by Gasteiger charge is -2.15. The maximum atomic E-state index is 13.6. The molecule has 0 fully saturated rings. The summed E-state index contributed by atoms with van der Waals surface area (Å²) in [7, 11) is 1.57. The Bertz CT molecular complexity index is 325. The van der Waals surface area contributed by atoms with Crippen LogP contribution >= 0.6 is 15.9 Å². The Morgan fingerprint density at radius 1 is 1.50 bits per heavy atom. The number of alkyl halides is 1. The van der Waals surface area contributed by atoms with Crippen LogP contribution in [0.4, 0.5) is 4.39 Å². The van der Waals surface area contributed by atoms with Crippen molar-refractivity contribution in [1.82, 2.24) is 0 Å². The van der Waals surface area contributed by atoms with E-state index in [1.807, 2.05) is 19.9 Å². The van der Waals surface area contributed by atoms with Crippen molar-refractivity contribution in [3.8, 4) is 5.75 Å². The Kier molecular flexibility index (Phi) is 3.93. The molecule has 0 saturated heterocycles. The monoisotopic (exact) mass is 260 g/mol. The molecule has 0 saturated carbocycles. The van der Waals surface area contributed by atoms with E-state index in [-0.39, 0.29) is 11.7 Å². The van der Waals surface area contributed by atoms with Crippen LogP contribution < -0.4 is 4.74 Å². The predicted octanol–water partition coefficient (Wildman–Crippen LogP) is 3.64. The van der Waals surface area contributed by atoms with E-state index in [1.165, 1.54) is 6.07 Å². The van der Waals surface area contributed by atoms with Gasteiger partial charge in [-0.3, -0.25) is 0 Å². The maximum absolute atomic E-state index is 13.6. The molecule has 0 aliphatic carbocycles. The average Bonchev–Trinajstić information content (AvgIpc) is 2.15. The van der Waals surface area contributed by atoms with Crippen LogP contribution in [0.1, 0.15) is 24.0 Å². The molecule has 0 aliphatic heterocycles. The molecule has 0 radical (unpaired) electrons. The summed E-state index contributed by atoms with van der Waals surface area (Å²) >= 11 is 3.35. The third-order valence-electron chi connectivity index (χ3n) is 2.18. The number of aryl methyl sites for hydroxylation is 1. The number of benzene rings is 1. The van der Waals surface area contributed by atoms with Crippen LogP contribution in [0.25, 0.3) is 0 Å². The normalized spacial score (nSPS) is 12.6. The summed E-state index contributed by atoms with van der Waals surface area (Å²) in [5, 5.41) is 0.726. The largest absolute Gasteiger partial charge is 0.496 e. The molecule has 1 unspecified atom stereocenters. The summed E-state index contributed by atoms with van der Waals surface area (Å²) in [6.45, 7) is 3.82. The SMILES string of the molecule is COc1cc(C)cc(F)c1C(C)CBr. The highest BCUT2D eigenvalue weighted by atomic mass is 79.9. The van der Waals surface area contributed by atoms with Crippen LogP contribution in [0.3, 0.4) is 0 Å². The maximum Gasteiger partial charge on any atom is 0.130 e. The predicted molar refractivity (Wildman–Crippen MR) is 59.9 cm³/mol. The molecule has 14 heavy (non-hydrogen) atoms. The molecular formula is C11H14BrFO. The molecule has 1 nitrogen and oxygen atoms in total. The zero-order valence-corrected chi connectivity index (χ0v) is 10.2. The summed E-state index contributed by atoms with van der Waals surface area (Å²) in [6, 6.07) is 3.40. The molecule has 1 rings (SSSR count). The molecule has 0 spiro atoms. The smallest absolute Gasteiger partial charge is 0.130 e. The van der Waals surface area contributed by atoms with Crippen molar-refractivity contribution >= 4 is 15.9 Å². The number of hydrogen-bond donors (Lipinski definition) is 0. The molecular weight excluding hydrogens is 247 g/mol. The first-order valence-corrected chi connectivity index (χ1v) is 5.62. The fourth-order valence-electron chi connectivity index (χ4n) is 1.45. The molecule has 78 valence electrons. The number of methoxy groups -OCH3 is 1. The van der Waals surface area contributed by atoms with Crippen LogP contribution in [0.5, 0.6) is 5.75 Å². The Hall–Kier alpha value is -0.570. The Morgan fingerprint density at radius 3 is 2.64 bits per heavy atom. The standard InChI is InChI=1S/C11H14BrFO/c1-7-4-9(13)11(8(2)6-12)10(5-7)14-3/h4-5,8H,6H2,1-3H3. The fourth-order valence-corrected chi connectivity index (χ4v) is 1.77. The van der Waals surface area contributed by atoms with Gasteiger partial charge >= 0.3 is 0 Å². The van der Waals surface area contributed by atoms with E-state index < -0.39 is 0 Å². The second-order valence-corrected chi connectivity index (χ2v) is 4.07. The number of halogens is 2. The molecule has 1 aromatic carbocycles. The van der Waals surface area contributed by atoms with Gasteiger partial charge < -0.3 is 4.74 Å². The van der Waals surface area contributed by atoms with E-state index in [0.717, 1.165) is 10.9 Å². The Balaban J connectivity index is 3.24. The van der Waals surface area contributed by atoms with E-state index in [9.17, 15) is 4.39 Å². The lowest BCUT2D eigenvalue weighted by atomic mass is 10.00. The lowest BCUT2D eigenvalue weighted by molar-refractivity contribution is 0.401. The van der Waals surface area contributed by atoms with E-state index >= 15 is 0 Å². The van der Waals surface area contributed by atoms with Gasteiger partial charge in [0.25, 0.3) is 0 Å². The molecule has 0 N–H and O–H groups in total. The minimum absolute atomic E-state index is 0.116. The topological polar surface area (TPSA) is 9.23 Å². The lowest BCUT2D eigenvalue weighted by Crippen LogP contribution is -2.02. The number of ether oxygens (including phenoxy) is 1. The third kappa shape index (κ3) is 2.27. The summed E-state index contributed by atoms with van der Waals surface area (Å²) in [4.78, 5) is 0. The highest BCUT2D eigenvalue weighted by molar-refractivity contribution is 9.09. The molecule has 0 heterocycles. The molecule has 1 aromatic rings. The Morgan fingerprint density at radius 2 is 2.14 bits per heavy atom. The van der Waals surface area contributed by atoms with Crippen molar-refractivity contribution in [2.75, 3.05) is 12.4 Å². The van der Waals surface area contributed by atoms with Crippen LogP contribution in [-0.2, 0) is 0 Å². The van der Waals surface area contributed by atoms with Gasteiger partial charge in [-0.25, -0.2) is 4.39 Å². The second kappa shape index (κ2) is 4.78. The molecule has 0 bridgehead atoms. The van der Waals surface area contributed by atoms with Gasteiger partial charge in [-0.05, 0) is 30.5 Å². The van der Waals surface area contributed by atoms with E-state index in [2.05, 4.69) is 15.9 Å². The molecule has 3 heteroatoms. The Labute approximate surface area is 92.4 Å². The van der Waals surface area contributed by atoms with Crippen LogP contribution in [0.2, 0.25) is 0 Å². The van der Waals surface area contributed by atoms with Gasteiger partial charge in [-0.15, -0.1) is 0 Å². The number of hydrogen-bond acceptors (Lipinski definition) is 1. The average molecular weight is 261 g/mol. The minimum atomic E-state index is -0.186. The molecule has 0 aromatic heterocycles. The van der Waals surface area contributed by atoms with Crippen molar-refractivity contribution in [2.24, 2.45) is 0 Å². The summed E-state index contributed by atoms with van der Waals surface area (Å²) < 4.78 is 18.8. The van der Waals surface area contributed by atoms with Gasteiger partial charge in [-0.2, -0.15) is 0 Å². The third-order valence-corrected chi connectivity index (χ3v) is 3.15. The highest BCUT2D eigenvalue weighted by Gasteiger charge is 2.16. The van der Waals surface area contributed by atoms with Gasteiger partial charge in [0.05, 0.1) is 7.11 Å². The van der Waals surface area contributed by atoms with Crippen molar-refractivity contribution in [3.63, 3.8) is 0 Å². The van der Waals surface area contributed by atoms with Crippen LogP contribution in [0, 0.1) is 12.7 Å². The van der Waals surface area contributed by atoms with Gasteiger partial charge in [0.2, 0.25) is 0 Å². The van der Waals surface area contributed by atoms with Crippen LogP contribution in [-0.4, -0.2) is 12.4 Å². The first kappa shape index (κ1) is 11.5. The zero-order chi connectivity index (χ0) is 10.7. The first-order valence-electron chi connectivity index (χ1n) is 4.50. The van der Waals surface area contributed by atoms with Crippen molar-refractivity contribution in [3.05, 3.63) is 29.1 Å². The molecule has 1 atom stereocenters. The minimum Gasteiger partial charge on any atom is -0.496 e. The van der Waals surface area contributed by atoms with E-state index in [0.29, 0.717) is 11.3 Å². The number of rotatable bonds is 3. The molecule has 0 amide bonds. The highest BCUT2D eigenvalue weighted by Crippen LogP contribution is 2.31. The van der Waals surface area contributed by atoms with Crippen molar-refractivity contribution in [2.45, 2.75) is 19.8 Å². The van der Waals surface area contributed by atoms with Gasteiger partial charge in [-0.1, -0.05) is 22.9 Å². The van der Waals surface area contributed by atoms with Gasteiger partial charge in [0.1, 0.15) is 11.6 Å². The summed E-state index contributed by atoms with van der Waals surface area (Å²) in [5.74, 6) is 0.564. The summed E-state index contributed by atoms with van der Waals surface area (Å²) in [5.41, 5.74) is 1.53. The zero-order valence-electron chi connectivity index (χ0n) is 8.60. The first-order chi connectivity index (χ1) is 6.60. The fraction of sp³-hybridized carbons (Fsp3) is 0.455. The quantitative estimate of drug-likeness (QED) is 0.755. The molecule has 0 aliphatic rings. The second-order valence-electron chi connectivity index (χ2n) is 3.42. The van der Waals surface area contributed by atoms with Crippen molar-refractivity contribution in [1.29, 1.82) is 0 Å². The van der Waals surface area contributed by atoms with E-state index in [1.54, 1.807) is 7.11 Å². The van der Waals surface area contributed by atoms with Crippen molar-refractivity contribution < 1.29 is 9.13 Å². The van der Waals surface area contributed by atoms with Crippen LogP contribution in [0.15, 0.2) is 12.1 Å². The van der Waals surface area contributed by atoms with Gasteiger partial charge in [0.15, 0.2) is 0 Å². The summed E-state index contributed by atoms with van der Waals surface area (Å²) in [6.07, 6.45) is 0. The van der Waals surface area contributed by atoms with E-state index in [4.69, 9.17) is 4.74 Å².